The Labute approximate surface area is 133 Å². The summed E-state index contributed by atoms with van der Waals surface area (Å²) in [6, 6.07) is 12.7. The minimum Gasteiger partial charge on any atom is -0.416 e. The molecule has 0 unspecified atom stereocenters. The average Bonchev–Trinajstić information content (AvgIpc) is 2.91. The number of nitrogens with zero attached hydrogens (tertiary/aromatic N) is 2. The van der Waals surface area contributed by atoms with E-state index in [2.05, 4.69) is 26.1 Å². The van der Waals surface area contributed by atoms with Crippen molar-refractivity contribution in [3.8, 4) is 22.9 Å². The lowest BCUT2D eigenvalue weighted by atomic mass is 10.2. The molecule has 0 aliphatic heterocycles. The van der Waals surface area contributed by atoms with E-state index in [1.54, 1.807) is 18.2 Å². The maximum Gasteiger partial charge on any atom is 0.249 e. The first kappa shape index (κ1) is 13.6. The van der Waals surface area contributed by atoms with Crippen LogP contribution in [0.1, 0.15) is 0 Å². The van der Waals surface area contributed by atoms with Crippen molar-refractivity contribution in [3.05, 3.63) is 57.0 Å². The first-order chi connectivity index (χ1) is 9.63. The SMILES string of the molecule is Clc1ccc(Cl)c(-c2nnc(-c3cccc(Br)c3)o2)c1. The number of aromatic nitrogens is 2. The Bertz CT molecular complexity index is 773. The third kappa shape index (κ3) is 2.73. The second-order valence-electron chi connectivity index (χ2n) is 4.05. The van der Waals surface area contributed by atoms with Crippen LogP contribution in [0.3, 0.4) is 0 Å². The molecule has 0 N–H and O–H groups in total. The fourth-order valence-corrected chi connectivity index (χ4v) is 2.50. The highest BCUT2D eigenvalue weighted by atomic mass is 79.9. The smallest absolute Gasteiger partial charge is 0.249 e. The van der Waals surface area contributed by atoms with Gasteiger partial charge in [-0.1, -0.05) is 45.2 Å². The average molecular weight is 370 g/mol. The molecular formula is C14H7BrCl2N2O. The van der Waals surface area contributed by atoms with Gasteiger partial charge >= 0.3 is 0 Å². The van der Waals surface area contributed by atoms with Crippen LogP contribution in [0.15, 0.2) is 51.4 Å². The molecule has 0 saturated carbocycles. The summed E-state index contributed by atoms with van der Waals surface area (Å²) in [7, 11) is 0. The number of benzene rings is 2. The van der Waals surface area contributed by atoms with Gasteiger partial charge in [-0.25, -0.2) is 0 Å². The van der Waals surface area contributed by atoms with Crippen LogP contribution >= 0.6 is 39.1 Å². The van der Waals surface area contributed by atoms with Gasteiger partial charge in [0, 0.05) is 15.1 Å². The van der Waals surface area contributed by atoms with Crippen molar-refractivity contribution in [2.45, 2.75) is 0 Å². The fourth-order valence-electron chi connectivity index (χ4n) is 1.73. The molecule has 1 aromatic heterocycles. The van der Waals surface area contributed by atoms with Gasteiger partial charge in [0.25, 0.3) is 0 Å². The summed E-state index contributed by atoms with van der Waals surface area (Å²) in [5.74, 6) is 0.768. The first-order valence-corrected chi connectivity index (χ1v) is 7.23. The van der Waals surface area contributed by atoms with Gasteiger partial charge < -0.3 is 4.42 Å². The quantitative estimate of drug-likeness (QED) is 0.600. The number of halogens is 3. The standard InChI is InChI=1S/C14H7BrCl2N2O/c15-9-3-1-2-8(6-9)13-18-19-14(20-13)11-7-10(16)4-5-12(11)17/h1-7H. The Morgan fingerprint density at radius 1 is 0.950 bits per heavy atom. The molecule has 0 radical (unpaired) electrons. The Hall–Kier alpha value is -1.36. The number of rotatable bonds is 2. The van der Waals surface area contributed by atoms with Gasteiger partial charge in [-0.3, -0.25) is 0 Å². The van der Waals surface area contributed by atoms with Gasteiger partial charge in [0.05, 0.1) is 10.6 Å². The minimum absolute atomic E-state index is 0.340. The van der Waals surface area contributed by atoms with Crippen molar-refractivity contribution in [2.75, 3.05) is 0 Å². The van der Waals surface area contributed by atoms with Crippen molar-refractivity contribution >= 4 is 39.1 Å². The van der Waals surface area contributed by atoms with Crippen molar-refractivity contribution in [1.82, 2.24) is 10.2 Å². The second-order valence-corrected chi connectivity index (χ2v) is 5.81. The van der Waals surface area contributed by atoms with Crippen LogP contribution in [0.4, 0.5) is 0 Å². The summed E-state index contributed by atoms with van der Waals surface area (Å²) in [5, 5.41) is 9.13. The molecule has 0 fully saturated rings. The van der Waals surface area contributed by atoms with Crippen molar-refractivity contribution in [1.29, 1.82) is 0 Å². The van der Waals surface area contributed by atoms with Crippen LogP contribution in [0, 0.1) is 0 Å². The zero-order valence-electron chi connectivity index (χ0n) is 9.98. The van der Waals surface area contributed by atoms with E-state index in [1.165, 1.54) is 0 Å². The number of hydrogen-bond donors (Lipinski definition) is 0. The molecule has 3 nitrogen and oxygen atoms in total. The van der Waals surface area contributed by atoms with E-state index in [4.69, 9.17) is 27.6 Å². The molecule has 2 aromatic carbocycles. The highest BCUT2D eigenvalue weighted by Gasteiger charge is 2.13. The van der Waals surface area contributed by atoms with Gasteiger partial charge in [0.2, 0.25) is 11.8 Å². The Balaban J connectivity index is 2.04. The summed E-state index contributed by atoms with van der Waals surface area (Å²) in [6.45, 7) is 0. The lowest BCUT2D eigenvalue weighted by molar-refractivity contribution is 0.584. The molecule has 0 spiro atoms. The van der Waals surface area contributed by atoms with Crippen LogP contribution in [0.25, 0.3) is 22.9 Å². The first-order valence-electron chi connectivity index (χ1n) is 5.68. The highest BCUT2D eigenvalue weighted by Crippen LogP contribution is 2.31. The van der Waals surface area contributed by atoms with Gasteiger partial charge in [-0.2, -0.15) is 0 Å². The maximum absolute atomic E-state index is 6.12. The molecular weight excluding hydrogens is 363 g/mol. The van der Waals surface area contributed by atoms with Crippen molar-refractivity contribution in [3.63, 3.8) is 0 Å². The Kier molecular flexibility index (Phi) is 3.78. The van der Waals surface area contributed by atoms with Gasteiger partial charge in [0.1, 0.15) is 0 Å². The molecule has 6 heteroatoms. The van der Waals surface area contributed by atoms with E-state index in [1.807, 2.05) is 24.3 Å². The van der Waals surface area contributed by atoms with Gasteiger partial charge in [-0.05, 0) is 36.4 Å². The summed E-state index contributed by atoms with van der Waals surface area (Å²) in [6.07, 6.45) is 0. The Morgan fingerprint density at radius 2 is 1.75 bits per heavy atom. The minimum atomic E-state index is 0.340. The summed E-state index contributed by atoms with van der Waals surface area (Å²) >= 11 is 15.5. The monoisotopic (exact) mass is 368 g/mol. The largest absolute Gasteiger partial charge is 0.416 e. The molecule has 20 heavy (non-hydrogen) atoms. The third-order valence-corrected chi connectivity index (χ3v) is 3.71. The van der Waals surface area contributed by atoms with E-state index in [0.717, 1.165) is 10.0 Å². The van der Waals surface area contributed by atoms with Crippen LogP contribution in [-0.4, -0.2) is 10.2 Å². The zero-order valence-corrected chi connectivity index (χ0v) is 13.1. The molecule has 0 saturated heterocycles. The molecule has 0 bridgehead atoms. The van der Waals surface area contributed by atoms with Crippen LogP contribution in [0.5, 0.6) is 0 Å². The molecule has 0 atom stereocenters. The maximum atomic E-state index is 6.12. The molecule has 100 valence electrons. The third-order valence-electron chi connectivity index (χ3n) is 2.66. The highest BCUT2D eigenvalue weighted by molar-refractivity contribution is 9.10. The normalized spacial score (nSPS) is 10.8. The zero-order chi connectivity index (χ0) is 14.1. The molecule has 0 aliphatic carbocycles. The van der Waals surface area contributed by atoms with Crippen LogP contribution in [-0.2, 0) is 0 Å². The van der Waals surface area contributed by atoms with E-state index >= 15 is 0 Å². The molecule has 3 rings (SSSR count). The predicted molar refractivity (Wildman–Crippen MR) is 82.9 cm³/mol. The van der Waals surface area contributed by atoms with Crippen molar-refractivity contribution in [2.24, 2.45) is 0 Å². The fraction of sp³-hybridized carbons (Fsp3) is 0. The Morgan fingerprint density at radius 3 is 2.55 bits per heavy atom. The summed E-state index contributed by atoms with van der Waals surface area (Å²) < 4.78 is 6.60. The van der Waals surface area contributed by atoms with E-state index in [-0.39, 0.29) is 0 Å². The van der Waals surface area contributed by atoms with E-state index in [9.17, 15) is 0 Å². The lowest BCUT2D eigenvalue weighted by Crippen LogP contribution is -1.79. The number of hydrogen-bond acceptors (Lipinski definition) is 3. The summed E-state index contributed by atoms with van der Waals surface area (Å²) in [5.41, 5.74) is 1.45. The molecule has 1 heterocycles. The molecule has 0 aliphatic rings. The topological polar surface area (TPSA) is 38.9 Å². The second kappa shape index (κ2) is 5.56. The predicted octanol–water partition coefficient (Wildman–Crippen LogP) is 5.47. The van der Waals surface area contributed by atoms with Gasteiger partial charge in [-0.15, -0.1) is 10.2 Å². The van der Waals surface area contributed by atoms with E-state index < -0.39 is 0 Å². The van der Waals surface area contributed by atoms with Crippen LogP contribution < -0.4 is 0 Å². The molecule has 0 amide bonds. The lowest BCUT2D eigenvalue weighted by Gasteiger charge is -1.99. The summed E-state index contributed by atoms with van der Waals surface area (Å²) in [4.78, 5) is 0. The van der Waals surface area contributed by atoms with Crippen molar-refractivity contribution < 1.29 is 4.42 Å². The molecule has 3 aromatic rings. The van der Waals surface area contributed by atoms with E-state index in [0.29, 0.717) is 27.4 Å². The van der Waals surface area contributed by atoms with Gasteiger partial charge in [0.15, 0.2) is 0 Å². The van der Waals surface area contributed by atoms with Crippen LogP contribution in [0.2, 0.25) is 10.0 Å².